The Bertz CT molecular complexity index is 1100. The molecule has 2 aliphatic heterocycles. The molecule has 0 amide bonds. The molecule has 174 valence electrons. The summed E-state index contributed by atoms with van der Waals surface area (Å²) in [5.74, 6) is 1.65. The van der Waals surface area contributed by atoms with E-state index in [-0.39, 0.29) is 24.7 Å². The predicted octanol–water partition coefficient (Wildman–Crippen LogP) is 3.50. The van der Waals surface area contributed by atoms with Gasteiger partial charge in [-0.3, -0.25) is 4.90 Å². The number of hydrogen-bond acceptors (Lipinski definition) is 5. The van der Waals surface area contributed by atoms with E-state index in [0.717, 1.165) is 49.3 Å². The van der Waals surface area contributed by atoms with Crippen LogP contribution in [0.5, 0.6) is 11.5 Å². The molecule has 2 N–H and O–H groups in total. The highest BCUT2D eigenvalue weighted by Gasteiger charge is 2.73. The van der Waals surface area contributed by atoms with Crippen LogP contribution in [0, 0.1) is 12.8 Å². The molecular weight excluding hydrogens is 414 g/mol. The van der Waals surface area contributed by atoms with E-state index in [9.17, 15) is 10.2 Å². The molecular formula is C28H33NO4. The number of piperidine rings is 1. The lowest BCUT2D eigenvalue weighted by Crippen LogP contribution is -2.76. The van der Waals surface area contributed by atoms with Gasteiger partial charge in [-0.15, -0.1) is 0 Å². The largest absolute Gasteiger partial charge is 0.485 e. The first-order valence-corrected chi connectivity index (χ1v) is 12.7. The Morgan fingerprint density at radius 3 is 2.73 bits per heavy atom. The molecule has 2 aromatic carbocycles. The number of aliphatic hydroxyl groups is 2. The first-order chi connectivity index (χ1) is 16.1. The van der Waals surface area contributed by atoms with Gasteiger partial charge in [-0.05, 0) is 74.8 Å². The van der Waals surface area contributed by atoms with Crippen LogP contribution in [0.2, 0.25) is 0 Å². The number of hydrogen-bond donors (Lipinski definition) is 2. The number of aryl methyl sites for hydroxylation is 1. The van der Waals surface area contributed by atoms with Crippen molar-refractivity contribution in [3.8, 4) is 11.5 Å². The Kier molecular flexibility index (Phi) is 4.29. The van der Waals surface area contributed by atoms with Crippen LogP contribution in [0.3, 0.4) is 0 Å². The van der Waals surface area contributed by atoms with Crippen LogP contribution in [-0.4, -0.2) is 52.1 Å². The zero-order valence-electron chi connectivity index (χ0n) is 19.3. The van der Waals surface area contributed by atoms with Gasteiger partial charge in [0.2, 0.25) is 0 Å². The van der Waals surface area contributed by atoms with Crippen LogP contribution >= 0.6 is 0 Å². The van der Waals surface area contributed by atoms with Gasteiger partial charge in [0.15, 0.2) is 11.5 Å². The topological polar surface area (TPSA) is 62.2 Å². The Morgan fingerprint density at radius 2 is 1.97 bits per heavy atom. The van der Waals surface area contributed by atoms with E-state index in [4.69, 9.17) is 9.47 Å². The maximum absolute atomic E-state index is 12.5. The predicted molar refractivity (Wildman–Crippen MR) is 125 cm³/mol. The highest BCUT2D eigenvalue weighted by Crippen LogP contribution is 2.67. The minimum absolute atomic E-state index is 0.0408. The Labute approximate surface area is 195 Å². The number of likely N-dealkylation sites (tertiary alicyclic amines) is 1. The fraction of sp³-hybridized carbons (Fsp3) is 0.571. The summed E-state index contributed by atoms with van der Waals surface area (Å²) in [5, 5.41) is 22.8. The van der Waals surface area contributed by atoms with E-state index in [1.807, 2.05) is 18.2 Å². The molecule has 7 rings (SSSR count). The van der Waals surface area contributed by atoms with Crippen LogP contribution in [0.1, 0.15) is 54.4 Å². The highest BCUT2D eigenvalue weighted by atomic mass is 16.5. The van der Waals surface area contributed by atoms with Crippen molar-refractivity contribution in [2.75, 3.05) is 13.2 Å². The molecule has 0 unspecified atom stereocenters. The third-order valence-electron chi connectivity index (χ3n) is 9.45. The molecule has 3 aliphatic carbocycles. The second kappa shape index (κ2) is 6.97. The molecule has 2 bridgehead atoms. The van der Waals surface area contributed by atoms with Gasteiger partial charge in [0.1, 0.15) is 12.7 Å². The van der Waals surface area contributed by atoms with Gasteiger partial charge in [-0.1, -0.05) is 30.3 Å². The summed E-state index contributed by atoms with van der Waals surface area (Å²) in [4.78, 5) is 2.61. The average molecular weight is 448 g/mol. The molecule has 3 fully saturated rings. The van der Waals surface area contributed by atoms with Crippen molar-refractivity contribution >= 4 is 0 Å². The Balaban J connectivity index is 1.38. The number of aliphatic hydroxyl groups excluding tert-OH is 1. The maximum atomic E-state index is 12.5. The number of benzene rings is 2. The monoisotopic (exact) mass is 447 g/mol. The minimum Gasteiger partial charge on any atom is -0.485 e. The van der Waals surface area contributed by atoms with Gasteiger partial charge < -0.3 is 19.7 Å². The third kappa shape index (κ3) is 2.59. The second-order valence-electron chi connectivity index (χ2n) is 11.0. The quantitative estimate of drug-likeness (QED) is 0.735. The summed E-state index contributed by atoms with van der Waals surface area (Å²) >= 11 is 0. The zero-order valence-corrected chi connectivity index (χ0v) is 19.3. The van der Waals surface area contributed by atoms with Crippen molar-refractivity contribution in [2.45, 2.75) is 81.3 Å². The van der Waals surface area contributed by atoms with Gasteiger partial charge in [0.25, 0.3) is 0 Å². The van der Waals surface area contributed by atoms with Gasteiger partial charge in [-0.25, -0.2) is 0 Å². The Hall–Kier alpha value is -2.08. The van der Waals surface area contributed by atoms with Crippen LogP contribution in [-0.2, 0) is 18.4 Å². The number of rotatable bonds is 5. The molecule has 2 heterocycles. The first kappa shape index (κ1) is 20.3. The van der Waals surface area contributed by atoms with Crippen molar-refractivity contribution in [1.29, 1.82) is 0 Å². The molecule has 0 aromatic heterocycles. The van der Waals surface area contributed by atoms with E-state index < -0.39 is 11.0 Å². The first-order valence-electron chi connectivity index (χ1n) is 12.7. The smallest absolute Gasteiger partial charge is 0.165 e. The summed E-state index contributed by atoms with van der Waals surface area (Å²) in [5.41, 5.74) is 3.63. The van der Waals surface area contributed by atoms with Gasteiger partial charge in [0, 0.05) is 30.2 Å². The molecule has 5 nitrogen and oxygen atoms in total. The summed E-state index contributed by atoms with van der Waals surface area (Å²) < 4.78 is 13.1. The van der Waals surface area contributed by atoms with Gasteiger partial charge >= 0.3 is 0 Å². The molecule has 1 spiro atoms. The number of nitrogens with zero attached hydrogens (tertiary/aromatic N) is 1. The minimum atomic E-state index is -0.813. The van der Waals surface area contributed by atoms with Crippen molar-refractivity contribution in [3.05, 3.63) is 58.7 Å². The maximum Gasteiger partial charge on any atom is 0.165 e. The highest BCUT2D eigenvalue weighted by molar-refractivity contribution is 5.65. The van der Waals surface area contributed by atoms with Crippen molar-refractivity contribution < 1.29 is 19.7 Å². The zero-order chi connectivity index (χ0) is 22.4. The molecule has 1 saturated heterocycles. The Morgan fingerprint density at radius 1 is 1.15 bits per heavy atom. The number of ether oxygens (including phenoxy) is 2. The standard InChI is InChI=1S/C28H33NO4/c1-17-13-22(32-16-18-5-3-2-4-6-18)25-24-21(17)14-23-28(31)10-9-19(15-30)26(33-25)27(24,28)11-12-29(23)20-7-8-20/h2-6,13,19-20,23,26,30-31H,7-12,14-16H2,1H3/t19-,23-,26+,27+,28-/m1/s1. The summed E-state index contributed by atoms with van der Waals surface area (Å²) in [6, 6.07) is 13.1. The molecule has 2 aromatic rings. The second-order valence-corrected chi connectivity index (χ2v) is 11.0. The van der Waals surface area contributed by atoms with E-state index in [1.165, 1.54) is 29.5 Å². The molecule has 5 aliphatic rings. The van der Waals surface area contributed by atoms with Crippen LogP contribution < -0.4 is 9.47 Å². The van der Waals surface area contributed by atoms with Crippen molar-refractivity contribution in [2.24, 2.45) is 5.92 Å². The fourth-order valence-corrected chi connectivity index (χ4v) is 7.81. The lowest BCUT2D eigenvalue weighted by atomic mass is 9.47. The third-order valence-corrected chi connectivity index (χ3v) is 9.45. The molecule has 5 atom stereocenters. The van der Waals surface area contributed by atoms with Crippen LogP contribution in [0.4, 0.5) is 0 Å². The average Bonchev–Trinajstić information content (AvgIpc) is 3.60. The summed E-state index contributed by atoms with van der Waals surface area (Å²) in [6.45, 7) is 3.77. The SMILES string of the molecule is Cc1cc(OCc2ccccc2)c2c3c1C[C@H]1N(C4CC4)CC[C@@]34[C@@H](O2)[C@@H](CO)CC[C@@]14O. The molecule has 0 radical (unpaired) electrons. The molecule has 5 heteroatoms. The van der Waals surface area contributed by atoms with Crippen molar-refractivity contribution in [1.82, 2.24) is 4.90 Å². The van der Waals surface area contributed by atoms with Gasteiger partial charge in [0.05, 0.1) is 11.0 Å². The lowest BCUT2D eigenvalue weighted by molar-refractivity contribution is -0.202. The molecule has 33 heavy (non-hydrogen) atoms. The van der Waals surface area contributed by atoms with E-state index in [0.29, 0.717) is 12.6 Å². The molecule has 2 saturated carbocycles. The normalized spacial score (nSPS) is 36.3. The summed E-state index contributed by atoms with van der Waals surface area (Å²) in [7, 11) is 0. The van der Waals surface area contributed by atoms with Crippen LogP contribution in [0.15, 0.2) is 36.4 Å². The fourth-order valence-electron chi connectivity index (χ4n) is 7.81. The van der Waals surface area contributed by atoms with Gasteiger partial charge in [-0.2, -0.15) is 0 Å². The van der Waals surface area contributed by atoms with Crippen LogP contribution in [0.25, 0.3) is 0 Å². The van der Waals surface area contributed by atoms with E-state index >= 15 is 0 Å². The van der Waals surface area contributed by atoms with E-state index in [1.54, 1.807) is 0 Å². The van der Waals surface area contributed by atoms with E-state index in [2.05, 4.69) is 30.0 Å². The van der Waals surface area contributed by atoms with Crippen molar-refractivity contribution in [3.63, 3.8) is 0 Å². The summed E-state index contributed by atoms with van der Waals surface area (Å²) in [6.07, 6.45) is 5.61. The lowest BCUT2D eigenvalue weighted by Gasteiger charge is -2.64.